The van der Waals surface area contributed by atoms with Crippen LogP contribution in [0.15, 0.2) is 48.5 Å². The molecule has 0 spiro atoms. The molecule has 2 aromatic carbocycles. The first-order chi connectivity index (χ1) is 9.67. The maximum absolute atomic E-state index is 11.2. The Morgan fingerprint density at radius 2 is 2.00 bits per heavy atom. The number of rotatable bonds is 3. The third-order valence-corrected chi connectivity index (χ3v) is 4.15. The number of aromatic carboxylic acids is 1. The van der Waals surface area contributed by atoms with Crippen LogP contribution in [0.3, 0.4) is 0 Å². The predicted molar refractivity (Wildman–Crippen MR) is 76.4 cm³/mol. The summed E-state index contributed by atoms with van der Waals surface area (Å²) in [5.74, 6) is -0.113. The topological polar surface area (TPSA) is 46.5 Å². The van der Waals surface area contributed by atoms with Gasteiger partial charge < -0.3 is 9.84 Å². The van der Waals surface area contributed by atoms with Crippen molar-refractivity contribution in [2.45, 2.75) is 18.8 Å². The summed E-state index contributed by atoms with van der Waals surface area (Å²) < 4.78 is 5.80. The van der Waals surface area contributed by atoms with Gasteiger partial charge in [0.15, 0.2) is 0 Å². The van der Waals surface area contributed by atoms with Crippen LogP contribution < -0.4 is 4.74 Å². The number of benzene rings is 2. The molecule has 1 atom stereocenters. The number of carboxylic acid groups (broad SMARTS) is 1. The van der Waals surface area contributed by atoms with Gasteiger partial charge in [0.05, 0.1) is 11.0 Å². The smallest absolute Gasteiger partial charge is 0.335 e. The van der Waals surface area contributed by atoms with E-state index >= 15 is 0 Å². The van der Waals surface area contributed by atoms with Crippen LogP contribution in [-0.2, 0) is 5.41 Å². The second kappa shape index (κ2) is 4.67. The Labute approximate surface area is 117 Å². The van der Waals surface area contributed by atoms with Crippen LogP contribution in [0.2, 0.25) is 0 Å². The second-order valence-electron chi connectivity index (χ2n) is 5.11. The Kier molecular flexibility index (Phi) is 2.97. The quantitative estimate of drug-likeness (QED) is 0.927. The van der Waals surface area contributed by atoms with Gasteiger partial charge in [-0.05, 0) is 30.2 Å². The fourth-order valence-corrected chi connectivity index (χ4v) is 2.93. The van der Waals surface area contributed by atoms with Gasteiger partial charge in [-0.25, -0.2) is 4.79 Å². The van der Waals surface area contributed by atoms with Crippen LogP contribution in [0.5, 0.6) is 5.75 Å². The molecular weight excluding hydrogens is 252 g/mol. The summed E-state index contributed by atoms with van der Waals surface area (Å²) in [5, 5.41) is 9.19. The molecule has 3 nitrogen and oxygen atoms in total. The third-order valence-electron chi connectivity index (χ3n) is 4.15. The molecule has 1 N–H and O–H groups in total. The van der Waals surface area contributed by atoms with Crippen molar-refractivity contribution in [2.75, 3.05) is 6.61 Å². The Morgan fingerprint density at radius 1 is 1.25 bits per heavy atom. The number of hydrogen-bond acceptors (Lipinski definition) is 2. The van der Waals surface area contributed by atoms with Gasteiger partial charge in [0, 0.05) is 5.56 Å². The molecule has 2 aromatic rings. The van der Waals surface area contributed by atoms with Crippen molar-refractivity contribution in [3.05, 3.63) is 65.2 Å². The van der Waals surface area contributed by atoms with Gasteiger partial charge in [-0.2, -0.15) is 0 Å². The molecule has 0 bridgehead atoms. The van der Waals surface area contributed by atoms with E-state index in [1.54, 1.807) is 18.2 Å². The summed E-state index contributed by atoms with van der Waals surface area (Å²) >= 11 is 0. The molecule has 1 unspecified atom stereocenters. The minimum absolute atomic E-state index is 0.248. The summed E-state index contributed by atoms with van der Waals surface area (Å²) in [6.07, 6.45) is 0.868. The summed E-state index contributed by atoms with van der Waals surface area (Å²) in [5.41, 5.74) is 2.21. The van der Waals surface area contributed by atoms with E-state index in [2.05, 4.69) is 19.1 Å². The molecule has 0 saturated heterocycles. The van der Waals surface area contributed by atoms with Crippen LogP contribution in [-0.4, -0.2) is 17.7 Å². The Morgan fingerprint density at radius 3 is 2.65 bits per heavy atom. The predicted octanol–water partition coefficient (Wildman–Crippen LogP) is 3.47. The van der Waals surface area contributed by atoms with E-state index in [1.807, 2.05) is 18.2 Å². The Balaban J connectivity index is 2.18. The van der Waals surface area contributed by atoms with Crippen LogP contribution in [0.25, 0.3) is 0 Å². The molecule has 0 fully saturated rings. The van der Waals surface area contributed by atoms with E-state index in [9.17, 15) is 9.90 Å². The van der Waals surface area contributed by atoms with E-state index in [0.29, 0.717) is 12.2 Å². The lowest BCUT2D eigenvalue weighted by atomic mass is 9.74. The molecule has 1 aliphatic heterocycles. The minimum Gasteiger partial charge on any atom is -0.492 e. The molecule has 0 aliphatic carbocycles. The number of carboxylic acids is 1. The first kappa shape index (κ1) is 12.7. The second-order valence-corrected chi connectivity index (χ2v) is 5.11. The molecule has 3 heteroatoms. The summed E-state index contributed by atoms with van der Waals surface area (Å²) in [4.78, 5) is 11.2. The van der Waals surface area contributed by atoms with Crippen molar-refractivity contribution >= 4 is 5.97 Å². The van der Waals surface area contributed by atoms with Crippen LogP contribution in [0.4, 0.5) is 0 Å². The Bertz CT molecular complexity index is 649. The van der Waals surface area contributed by atoms with Gasteiger partial charge in [-0.1, -0.05) is 37.3 Å². The van der Waals surface area contributed by atoms with Crippen molar-refractivity contribution in [1.82, 2.24) is 0 Å². The van der Waals surface area contributed by atoms with E-state index in [1.165, 1.54) is 5.56 Å². The highest BCUT2D eigenvalue weighted by Gasteiger charge is 2.41. The van der Waals surface area contributed by atoms with Crippen molar-refractivity contribution in [3.8, 4) is 5.75 Å². The highest BCUT2D eigenvalue weighted by Crippen LogP contribution is 2.45. The highest BCUT2D eigenvalue weighted by atomic mass is 16.5. The fraction of sp³-hybridized carbons (Fsp3) is 0.235. The third kappa shape index (κ3) is 1.78. The Hall–Kier alpha value is -2.29. The van der Waals surface area contributed by atoms with Gasteiger partial charge >= 0.3 is 5.97 Å². The molecule has 1 heterocycles. The van der Waals surface area contributed by atoms with Crippen molar-refractivity contribution in [1.29, 1.82) is 0 Å². The molecule has 0 amide bonds. The maximum atomic E-state index is 11.2. The van der Waals surface area contributed by atoms with E-state index < -0.39 is 5.97 Å². The molecule has 20 heavy (non-hydrogen) atoms. The zero-order valence-corrected chi connectivity index (χ0v) is 11.3. The molecule has 1 aliphatic rings. The van der Waals surface area contributed by atoms with Crippen LogP contribution >= 0.6 is 0 Å². The zero-order valence-electron chi connectivity index (χ0n) is 11.3. The number of carbonyl (C=O) groups is 1. The van der Waals surface area contributed by atoms with Gasteiger partial charge in [0.25, 0.3) is 0 Å². The standard InChI is InChI=1S/C17H16O3/c1-2-17(13-6-4-3-5-7-13)11-20-15-9-8-12(16(18)19)10-14(15)17/h3-10H,2,11H2,1H3,(H,18,19). The van der Waals surface area contributed by atoms with E-state index in [0.717, 1.165) is 17.7 Å². The van der Waals surface area contributed by atoms with Gasteiger partial charge in [-0.3, -0.25) is 0 Å². The number of fused-ring (bicyclic) bond motifs is 1. The lowest BCUT2D eigenvalue weighted by molar-refractivity contribution is 0.0696. The summed E-state index contributed by atoms with van der Waals surface area (Å²) in [7, 11) is 0. The number of hydrogen-bond donors (Lipinski definition) is 1. The maximum Gasteiger partial charge on any atom is 0.335 e. The molecular formula is C17H16O3. The van der Waals surface area contributed by atoms with Gasteiger partial charge in [-0.15, -0.1) is 0 Å². The van der Waals surface area contributed by atoms with E-state index in [-0.39, 0.29) is 5.41 Å². The molecule has 102 valence electrons. The molecule has 0 aromatic heterocycles. The van der Waals surface area contributed by atoms with Crippen LogP contribution in [0, 0.1) is 0 Å². The van der Waals surface area contributed by atoms with E-state index in [4.69, 9.17) is 4.74 Å². The lowest BCUT2D eigenvalue weighted by Crippen LogP contribution is -2.28. The lowest BCUT2D eigenvalue weighted by Gasteiger charge is -2.27. The average molecular weight is 268 g/mol. The molecule has 0 radical (unpaired) electrons. The largest absolute Gasteiger partial charge is 0.492 e. The zero-order chi connectivity index (χ0) is 14.2. The normalized spacial score (nSPS) is 20.2. The van der Waals surface area contributed by atoms with Crippen LogP contribution in [0.1, 0.15) is 34.8 Å². The van der Waals surface area contributed by atoms with Crippen molar-refractivity contribution in [2.24, 2.45) is 0 Å². The van der Waals surface area contributed by atoms with Gasteiger partial charge in [0.1, 0.15) is 12.4 Å². The summed E-state index contributed by atoms with van der Waals surface area (Å²) in [6.45, 7) is 2.67. The van der Waals surface area contributed by atoms with Gasteiger partial charge in [0.2, 0.25) is 0 Å². The summed E-state index contributed by atoms with van der Waals surface area (Å²) in [6, 6.07) is 15.3. The SMILES string of the molecule is CCC1(c2ccccc2)COc2ccc(C(=O)O)cc21. The van der Waals surface area contributed by atoms with Crippen molar-refractivity contribution < 1.29 is 14.6 Å². The number of ether oxygens (including phenoxy) is 1. The minimum atomic E-state index is -0.905. The first-order valence-corrected chi connectivity index (χ1v) is 6.73. The highest BCUT2D eigenvalue weighted by molar-refractivity contribution is 5.88. The first-order valence-electron chi connectivity index (χ1n) is 6.73. The molecule has 3 rings (SSSR count). The van der Waals surface area contributed by atoms with Crippen molar-refractivity contribution in [3.63, 3.8) is 0 Å². The molecule has 0 saturated carbocycles. The fourth-order valence-electron chi connectivity index (χ4n) is 2.93. The average Bonchev–Trinajstić information content (AvgIpc) is 2.87. The monoisotopic (exact) mass is 268 g/mol.